The van der Waals surface area contributed by atoms with E-state index in [2.05, 4.69) is 25.8 Å². The Kier molecular flexibility index (Phi) is 4.57. The average molecular weight is 369 g/mol. The maximum absolute atomic E-state index is 13.6. The lowest BCUT2D eigenvalue weighted by molar-refractivity contribution is 0.163. The molecular formula is C16H15BrF2N2O. The Bertz CT molecular complexity index is 660. The summed E-state index contributed by atoms with van der Waals surface area (Å²) in [6, 6.07) is 5.42. The van der Waals surface area contributed by atoms with Gasteiger partial charge in [0.25, 0.3) is 0 Å². The maximum atomic E-state index is 13.6. The molecule has 0 radical (unpaired) electrons. The summed E-state index contributed by atoms with van der Waals surface area (Å²) in [5.74, 6) is -1.13. The predicted octanol–water partition coefficient (Wildman–Crippen LogP) is 4.17. The molecule has 0 amide bonds. The maximum Gasteiger partial charge on any atom is 0.167 e. The first-order valence-corrected chi connectivity index (χ1v) is 7.88. The van der Waals surface area contributed by atoms with E-state index in [1.165, 1.54) is 12.1 Å². The van der Waals surface area contributed by atoms with Gasteiger partial charge in [0.2, 0.25) is 0 Å². The van der Waals surface area contributed by atoms with Crippen LogP contribution in [-0.4, -0.2) is 24.2 Å². The lowest BCUT2D eigenvalue weighted by Crippen LogP contribution is -2.38. The highest BCUT2D eigenvalue weighted by Crippen LogP contribution is 2.26. The average Bonchev–Trinajstić information content (AvgIpc) is 2.51. The second-order valence-electron chi connectivity index (χ2n) is 5.24. The van der Waals surface area contributed by atoms with Crippen molar-refractivity contribution in [2.75, 3.05) is 18.0 Å². The van der Waals surface area contributed by atoms with Gasteiger partial charge in [-0.05, 0) is 34.1 Å². The molecule has 0 N–H and O–H groups in total. The number of anilines is 1. The van der Waals surface area contributed by atoms with Crippen LogP contribution in [0.1, 0.15) is 12.8 Å². The highest BCUT2D eigenvalue weighted by Gasteiger charge is 2.22. The van der Waals surface area contributed by atoms with Crippen LogP contribution in [0.5, 0.6) is 5.75 Å². The van der Waals surface area contributed by atoms with E-state index in [4.69, 9.17) is 4.74 Å². The van der Waals surface area contributed by atoms with E-state index in [9.17, 15) is 8.78 Å². The number of aromatic nitrogens is 1. The number of ether oxygens (including phenoxy) is 1. The first-order valence-electron chi connectivity index (χ1n) is 7.09. The minimum Gasteiger partial charge on any atom is -0.487 e. The van der Waals surface area contributed by atoms with Crippen LogP contribution >= 0.6 is 15.9 Å². The van der Waals surface area contributed by atoms with Gasteiger partial charge in [0.1, 0.15) is 11.9 Å². The quantitative estimate of drug-likeness (QED) is 0.812. The Morgan fingerprint density at radius 3 is 2.59 bits per heavy atom. The number of halogens is 3. The van der Waals surface area contributed by atoms with Crippen molar-refractivity contribution in [3.05, 3.63) is 52.8 Å². The molecule has 3 rings (SSSR count). The molecule has 0 unspecified atom stereocenters. The molecule has 0 spiro atoms. The van der Waals surface area contributed by atoms with Crippen LogP contribution in [0.4, 0.5) is 14.5 Å². The molecule has 6 heteroatoms. The normalized spacial score (nSPS) is 15.9. The third-order valence-electron chi connectivity index (χ3n) is 3.69. The van der Waals surface area contributed by atoms with Crippen molar-refractivity contribution in [2.24, 2.45) is 0 Å². The third kappa shape index (κ3) is 3.55. The summed E-state index contributed by atoms with van der Waals surface area (Å²) in [5, 5.41) is 0. The van der Waals surface area contributed by atoms with E-state index in [0.717, 1.165) is 42.2 Å². The Morgan fingerprint density at radius 2 is 1.91 bits per heavy atom. The number of benzene rings is 1. The van der Waals surface area contributed by atoms with Gasteiger partial charge in [0.05, 0.1) is 11.9 Å². The third-order valence-corrected chi connectivity index (χ3v) is 4.12. The Morgan fingerprint density at radius 1 is 1.14 bits per heavy atom. The molecule has 1 aromatic carbocycles. The number of nitrogens with zero attached hydrogens (tertiary/aromatic N) is 2. The fourth-order valence-electron chi connectivity index (χ4n) is 2.56. The summed E-state index contributed by atoms with van der Waals surface area (Å²) in [6.07, 6.45) is 5.07. The molecule has 116 valence electrons. The molecule has 1 aromatic heterocycles. The monoisotopic (exact) mass is 368 g/mol. The van der Waals surface area contributed by atoms with Crippen molar-refractivity contribution in [3.63, 3.8) is 0 Å². The number of piperidine rings is 1. The summed E-state index contributed by atoms with van der Waals surface area (Å²) in [7, 11) is 0. The second kappa shape index (κ2) is 6.60. The van der Waals surface area contributed by atoms with Crippen molar-refractivity contribution < 1.29 is 13.5 Å². The van der Waals surface area contributed by atoms with E-state index in [1.807, 2.05) is 12.3 Å². The molecule has 3 nitrogen and oxygen atoms in total. The highest BCUT2D eigenvalue weighted by atomic mass is 79.9. The molecule has 0 bridgehead atoms. The van der Waals surface area contributed by atoms with Crippen molar-refractivity contribution >= 4 is 21.6 Å². The van der Waals surface area contributed by atoms with Gasteiger partial charge in [-0.1, -0.05) is 0 Å². The Balaban J connectivity index is 1.60. The van der Waals surface area contributed by atoms with Gasteiger partial charge in [0.15, 0.2) is 11.6 Å². The Hall–Kier alpha value is -1.69. The molecular weight excluding hydrogens is 354 g/mol. The zero-order valence-corrected chi connectivity index (χ0v) is 13.4. The number of pyridine rings is 1. The van der Waals surface area contributed by atoms with Crippen LogP contribution in [-0.2, 0) is 0 Å². The van der Waals surface area contributed by atoms with E-state index >= 15 is 0 Å². The van der Waals surface area contributed by atoms with Crippen molar-refractivity contribution in [3.8, 4) is 5.75 Å². The molecule has 22 heavy (non-hydrogen) atoms. The van der Waals surface area contributed by atoms with E-state index in [0.29, 0.717) is 0 Å². The summed E-state index contributed by atoms with van der Waals surface area (Å²) >= 11 is 3.41. The first-order chi connectivity index (χ1) is 10.6. The molecule has 1 saturated heterocycles. The molecule has 0 saturated carbocycles. The molecule has 1 fully saturated rings. The second-order valence-corrected chi connectivity index (χ2v) is 6.16. The molecule has 0 aliphatic carbocycles. The molecule has 1 aliphatic heterocycles. The predicted molar refractivity (Wildman–Crippen MR) is 84.2 cm³/mol. The largest absolute Gasteiger partial charge is 0.487 e. The zero-order valence-electron chi connectivity index (χ0n) is 11.8. The smallest absolute Gasteiger partial charge is 0.167 e. The molecule has 2 aromatic rings. The van der Waals surface area contributed by atoms with E-state index < -0.39 is 11.6 Å². The van der Waals surface area contributed by atoms with Gasteiger partial charge in [-0.25, -0.2) is 8.78 Å². The van der Waals surface area contributed by atoms with Crippen LogP contribution in [0.2, 0.25) is 0 Å². The van der Waals surface area contributed by atoms with Crippen molar-refractivity contribution in [2.45, 2.75) is 18.9 Å². The molecule has 1 aliphatic rings. The van der Waals surface area contributed by atoms with Crippen molar-refractivity contribution in [1.82, 2.24) is 4.98 Å². The van der Waals surface area contributed by atoms with Gasteiger partial charge >= 0.3 is 0 Å². The number of rotatable bonds is 3. The van der Waals surface area contributed by atoms with Crippen LogP contribution in [0.25, 0.3) is 0 Å². The number of hydrogen-bond acceptors (Lipinski definition) is 3. The van der Waals surface area contributed by atoms with Crippen molar-refractivity contribution in [1.29, 1.82) is 0 Å². The lowest BCUT2D eigenvalue weighted by Gasteiger charge is -2.33. The van der Waals surface area contributed by atoms with Gasteiger partial charge in [0, 0.05) is 42.7 Å². The highest BCUT2D eigenvalue weighted by molar-refractivity contribution is 9.10. The lowest BCUT2D eigenvalue weighted by atomic mass is 10.1. The van der Waals surface area contributed by atoms with Gasteiger partial charge < -0.3 is 9.64 Å². The Labute approximate surface area is 136 Å². The standard InChI is InChI=1S/C16H15BrF2N2O/c17-11-7-13(10-20-9-11)21-5-3-14(4-6-21)22-16-2-1-12(18)8-15(16)19/h1-2,7-10,14H,3-6H2. The van der Waals surface area contributed by atoms with Crippen LogP contribution in [0.3, 0.4) is 0 Å². The zero-order chi connectivity index (χ0) is 15.5. The van der Waals surface area contributed by atoms with Gasteiger partial charge in [-0.3, -0.25) is 4.98 Å². The van der Waals surface area contributed by atoms with E-state index in [1.54, 1.807) is 6.20 Å². The SMILES string of the molecule is Fc1ccc(OC2CCN(c3cncc(Br)c3)CC2)c(F)c1. The summed E-state index contributed by atoms with van der Waals surface area (Å²) in [6.45, 7) is 1.62. The summed E-state index contributed by atoms with van der Waals surface area (Å²) in [5.41, 5.74) is 1.06. The van der Waals surface area contributed by atoms with Gasteiger partial charge in [-0.15, -0.1) is 0 Å². The fourth-order valence-corrected chi connectivity index (χ4v) is 2.91. The summed E-state index contributed by atoms with van der Waals surface area (Å²) < 4.78 is 33.1. The van der Waals surface area contributed by atoms with Gasteiger partial charge in [-0.2, -0.15) is 0 Å². The number of hydrogen-bond donors (Lipinski definition) is 0. The fraction of sp³-hybridized carbons (Fsp3) is 0.312. The van der Waals surface area contributed by atoms with E-state index in [-0.39, 0.29) is 11.9 Å². The minimum absolute atomic E-state index is 0.0590. The van der Waals surface area contributed by atoms with Crippen LogP contribution in [0.15, 0.2) is 41.1 Å². The molecule has 0 atom stereocenters. The molecule has 2 heterocycles. The topological polar surface area (TPSA) is 25.4 Å². The van der Waals surface area contributed by atoms with Crippen LogP contribution < -0.4 is 9.64 Å². The van der Waals surface area contributed by atoms with Crippen LogP contribution in [0, 0.1) is 11.6 Å². The summed E-state index contributed by atoms with van der Waals surface area (Å²) in [4.78, 5) is 6.38. The minimum atomic E-state index is -0.654. The first kappa shape index (κ1) is 15.2.